The number of hydrogen-bond acceptors (Lipinski definition) is 2. The molecule has 1 unspecified atom stereocenters. The van der Waals surface area contributed by atoms with Gasteiger partial charge in [0.1, 0.15) is 11.6 Å². The first-order valence-corrected chi connectivity index (χ1v) is 9.63. The second kappa shape index (κ2) is 8.89. The number of hydrogen-bond donors (Lipinski definition) is 2. The quantitative estimate of drug-likeness (QED) is 0.521. The predicted octanol–water partition coefficient (Wildman–Crippen LogP) is 5.32. The Kier molecular flexibility index (Phi) is 6.51. The molecule has 0 aliphatic rings. The Morgan fingerprint density at radius 1 is 1.07 bits per heavy atom. The molecule has 2 N–H and O–H groups in total. The Labute approximate surface area is 179 Å². The molecule has 0 aromatic heterocycles. The van der Waals surface area contributed by atoms with Crippen LogP contribution in [0.4, 0.5) is 4.39 Å². The van der Waals surface area contributed by atoms with Gasteiger partial charge in [-0.3, -0.25) is 4.79 Å². The summed E-state index contributed by atoms with van der Waals surface area (Å²) in [7, 11) is 1.58. The van der Waals surface area contributed by atoms with E-state index in [9.17, 15) is 14.3 Å². The summed E-state index contributed by atoms with van der Waals surface area (Å²) in [5.74, 6) is -1.86. The minimum absolute atomic E-state index is 0.0881. The van der Waals surface area contributed by atoms with Gasteiger partial charge >= 0.3 is 0 Å². The lowest BCUT2D eigenvalue weighted by atomic mass is 9.60. The number of aromatic hydroxyl groups is 1. The highest BCUT2D eigenvalue weighted by atomic mass is 35.5. The molecule has 1 radical (unpaired) electrons. The first-order chi connectivity index (χ1) is 13.7. The monoisotopic (exact) mass is 429 g/mol. The highest BCUT2D eigenvalue weighted by Gasteiger charge is 2.17. The van der Waals surface area contributed by atoms with Crippen molar-refractivity contribution >= 4 is 41.9 Å². The minimum atomic E-state index is -0.932. The number of carboxylic acid groups (broad SMARTS) is 1. The largest absolute Gasteiger partial charge is 0.507 e. The number of benzene rings is 3. The van der Waals surface area contributed by atoms with Gasteiger partial charge in [0.15, 0.2) is 7.28 Å². The van der Waals surface area contributed by atoms with Crippen LogP contribution in [0.25, 0.3) is 11.1 Å². The second-order valence-electron chi connectivity index (χ2n) is 6.79. The van der Waals surface area contributed by atoms with E-state index in [4.69, 9.17) is 28.3 Å². The van der Waals surface area contributed by atoms with Crippen LogP contribution in [-0.4, -0.2) is 23.5 Å². The number of aliphatic carboxylic acids is 1. The number of halogens is 3. The maximum atomic E-state index is 13.2. The molecule has 0 amide bonds. The summed E-state index contributed by atoms with van der Waals surface area (Å²) in [4.78, 5) is 11.0. The fourth-order valence-electron chi connectivity index (χ4n) is 3.01. The summed E-state index contributed by atoms with van der Waals surface area (Å²) >= 11 is 12.8. The average molecular weight is 430 g/mol. The molecule has 29 heavy (non-hydrogen) atoms. The lowest BCUT2D eigenvalue weighted by molar-refractivity contribution is -0.136. The van der Waals surface area contributed by atoms with Gasteiger partial charge in [-0.2, -0.15) is 0 Å². The first-order valence-electron chi connectivity index (χ1n) is 8.88. The van der Waals surface area contributed by atoms with Crippen molar-refractivity contribution < 1.29 is 19.4 Å². The molecule has 0 spiro atoms. The van der Waals surface area contributed by atoms with E-state index in [0.29, 0.717) is 38.6 Å². The zero-order valence-electron chi connectivity index (χ0n) is 15.5. The first kappa shape index (κ1) is 21.2. The van der Waals surface area contributed by atoms with Crippen molar-refractivity contribution in [2.75, 3.05) is 0 Å². The third-order valence-electron chi connectivity index (χ3n) is 4.59. The minimum Gasteiger partial charge on any atom is -0.507 e. The maximum Gasteiger partial charge on any atom is 0.298 e. The summed E-state index contributed by atoms with van der Waals surface area (Å²) in [6.45, 7) is 1.57. The van der Waals surface area contributed by atoms with Crippen LogP contribution in [0.1, 0.15) is 18.1 Å². The molecule has 1 atom stereocenters. The Bertz CT molecular complexity index is 1030. The van der Waals surface area contributed by atoms with E-state index in [1.165, 1.54) is 12.1 Å². The van der Waals surface area contributed by atoms with Crippen LogP contribution in [0.3, 0.4) is 0 Å². The van der Waals surface area contributed by atoms with E-state index in [-0.39, 0.29) is 11.6 Å². The van der Waals surface area contributed by atoms with Gasteiger partial charge in [0.25, 0.3) is 5.97 Å². The Morgan fingerprint density at radius 3 is 2.28 bits per heavy atom. The molecule has 3 nitrogen and oxygen atoms in total. The van der Waals surface area contributed by atoms with E-state index >= 15 is 0 Å². The van der Waals surface area contributed by atoms with Crippen molar-refractivity contribution in [1.29, 1.82) is 0 Å². The zero-order chi connectivity index (χ0) is 21.1. The number of phenols is 1. The van der Waals surface area contributed by atoms with Gasteiger partial charge in [-0.1, -0.05) is 53.8 Å². The van der Waals surface area contributed by atoms with Gasteiger partial charge < -0.3 is 10.2 Å². The van der Waals surface area contributed by atoms with Crippen LogP contribution >= 0.6 is 23.2 Å². The fraction of sp³-hybridized carbons (Fsp3) is 0.136. The van der Waals surface area contributed by atoms with Crippen molar-refractivity contribution in [1.82, 2.24) is 0 Å². The Hall–Kier alpha value is -2.50. The molecule has 0 aliphatic heterocycles. The third-order valence-corrected chi connectivity index (χ3v) is 5.27. The van der Waals surface area contributed by atoms with Crippen molar-refractivity contribution in [3.63, 3.8) is 0 Å². The molecular formula is C22H17BCl2FO3. The summed E-state index contributed by atoms with van der Waals surface area (Å²) in [6.07, 6.45) is 0.418. The van der Waals surface area contributed by atoms with Gasteiger partial charge in [-0.15, -0.1) is 0 Å². The van der Waals surface area contributed by atoms with Crippen LogP contribution in [0.5, 0.6) is 5.75 Å². The van der Waals surface area contributed by atoms with Gasteiger partial charge in [0, 0.05) is 27.8 Å². The smallest absolute Gasteiger partial charge is 0.298 e. The van der Waals surface area contributed by atoms with E-state index in [2.05, 4.69) is 0 Å². The van der Waals surface area contributed by atoms with Crippen LogP contribution in [0.2, 0.25) is 15.9 Å². The molecule has 0 bridgehead atoms. The van der Waals surface area contributed by atoms with Crippen LogP contribution in [0.15, 0.2) is 54.6 Å². The standard InChI is InChI=1S/C22H17BCl2FO3/c1-12(22(28)29)23-15-10-19(24)18(20(25)11-15)9-13-2-7-21(27)17(8-13)14-3-5-16(26)6-4-14/h2-8,10-12,27H,9H2,1H3,(H,28,29). The van der Waals surface area contributed by atoms with Gasteiger partial charge in [-0.05, 0) is 53.1 Å². The molecule has 0 aliphatic carbocycles. The number of rotatable bonds is 6. The Morgan fingerprint density at radius 2 is 1.69 bits per heavy atom. The molecule has 3 aromatic rings. The number of carbonyl (C=O) groups is 1. The van der Waals surface area contributed by atoms with Crippen molar-refractivity contribution in [3.8, 4) is 16.9 Å². The van der Waals surface area contributed by atoms with Gasteiger partial charge in [0.05, 0.1) is 0 Å². The second-order valence-corrected chi connectivity index (χ2v) is 7.61. The summed E-state index contributed by atoms with van der Waals surface area (Å²) in [5.41, 5.74) is 3.47. The van der Waals surface area contributed by atoms with E-state index < -0.39 is 11.8 Å². The summed E-state index contributed by atoms with van der Waals surface area (Å²) < 4.78 is 13.2. The maximum absolute atomic E-state index is 13.2. The lowest BCUT2D eigenvalue weighted by Crippen LogP contribution is -2.23. The fourth-order valence-corrected chi connectivity index (χ4v) is 3.64. The van der Waals surface area contributed by atoms with Gasteiger partial charge in [-0.25, -0.2) is 4.39 Å². The van der Waals surface area contributed by atoms with Crippen LogP contribution < -0.4 is 5.46 Å². The molecule has 7 heteroatoms. The van der Waals surface area contributed by atoms with Crippen molar-refractivity contribution in [2.24, 2.45) is 0 Å². The number of phenolic OH excluding ortho intramolecular Hbond substituents is 1. The SMILES string of the molecule is CC([B]c1cc(Cl)c(Cc2ccc(O)c(-c3ccc(F)cc3)c2)c(Cl)c1)C(=O)O. The van der Waals surface area contributed by atoms with E-state index in [1.807, 2.05) is 6.07 Å². The van der Waals surface area contributed by atoms with Crippen LogP contribution in [-0.2, 0) is 11.2 Å². The molecule has 0 fully saturated rings. The highest BCUT2D eigenvalue weighted by molar-refractivity contribution is 6.59. The molecule has 3 aromatic carbocycles. The summed E-state index contributed by atoms with van der Waals surface area (Å²) in [6, 6.07) is 14.4. The average Bonchev–Trinajstić information content (AvgIpc) is 2.66. The molecular weight excluding hydrogens is 413 g/mol. The number of carboxylic acids is 1. The van der Waals surface area contributed by atoms with E-state index in [0.717, 1.165) is 5.56 Å². The molecule has 0 saturated heterocycles. The van der Waals surface area contributed by atoms with Crippen molar-refractivity contribution in [2.45, 2.75) is 19.2 Å². The highest BCUT2D eigenvalue weighted by Crippen LogP contribution is 2.33. The molecule has 0 heterocycles. The summed E-state index contributed by atoms with van der Waals surface area (Å²) in [5, 5.41) is 20.1. The Balaban J connectivity index is 1.89. The predicted molar refractivity (Wildman–Crippen MR) is 115 cm³/mol. The van der Waals surface area contributed by atoms with Gasteiger partial charge in [0.2, 0.25) is 0 Å². The topological polar surface area (TPSA) is 57.5 Å². The third kappa shape index (κ3) is 5.11. The zero-order valence-corrected chi connectivity index (χ0v) is 17.0. The molecule has 147 valence electrons. The van der Waals surface area contributed by atoms with Crippen LogP contribution in [0, 0.1) is 5.82 Å². The lowest BCUT2D eigenvalue weighted by Gasteiger charge is -2.13. The molecule has 0 saturated carbocycles. The van der Waals surface area contributed by atoms with E-state index in [1.54, 1.807) is 50.6 Å². The molecule has 3 rings (SSSR count). The van der Waals surface area contributed by atoms with Crippen molar-refractivity contribution in [3.05, 3.63) is 81.6 Å². The normalized spacial score (nSPS) is 11.9.